The predicted molar refractivity (Wildman–Crippen MR) is 97.7 cm³/mol. The molecule has 0 aliphatic heterocycles. The number of carbonyl (C=O) groups excluding carboxylic acids is 2. The molecule has 138 valence electrons. The Morgan fingerprint density at radius 1 is 1.15 bits per heavy atom. The van der Waals surface area contributed by atoms with Crippen molar-refractivity contribution in [3.8, 4) is 0 Å². The number of aryl methyl sites for hydroxylation is 2. The largest absolute Gasteiger partial charge is 0.452 e. The van der Waals surface area contributed by atoms with Crippen LogP contribution in [0.4, 0.5) is 5.69 Å². The minimum absolute atomic E-state index is 0.0854. The topological polar surface area (TPSA) is 116 Å². The van der Waals surface area contributed by atoms with Crippen LogP contribution in [0.3, 0.4) is 0 Å². The maximum Gasteiger partial charge on any atom is 0.338 e. The molecule has 2 aromatic rings. The fraction of sp³-hybridized carbons (Fsp3) is 0.176. The van der Waals surface area contributed by atoms with Crippen LogP contribution in [-0.2, 0) is 19.6 Å². The summed E-state index contributed by atoms with van der Waals surface area (Å²) < 4.78 is 27.8. The van der Waals surface area contributed by atoms with Crippen LogP contribution < -0.4 is 10.5 Å². The van der Waals surface area contributed by atoms with E-state index in [-0.39, 0.29) is 10.6 Å². The average Bonchev–Trinajstić information content (AvgIpc) is 2.54. The molecule has 0 aliphatic carbocycles. The zero-order valence-corrected chi connectivity index (χ0v) is 15.6. The highest BCUT2D eigenvalue weighted by Crippen LogP contribution is 2.22. The molecule has 0 aromatic heterocycles. The molecule has 0 fully saturated rings. The number of ether oxygens (including phenoxy) is 1. The number of hydrogen-bond donors (Lipinski definition) is 2. The van der Waals surface area contributed by atoms with Crippen LogP contribution in [0.5, 0.6) is 0 Å². The average molecular weight is 397 g/mol. The van der Waals surface area contributed by atoms with Gasteiger partial charge in [0.15, 0.2) is 6.61 Å². The Kier molecular flexibility index (Phi) is 6.01. The van der Waals surface area contributed by atoms with Gasteiger partial charge in [-0.25, -0.2) is 18.4 Å². The van der Waals surface area contributed by atoms with E-state index >= 15 is 0 Å². The summed E-state index contributed by atoms with van der Waals surface area (Å²) in [5, 5.41) is 7.55. The molecule has 7 nitrogen and oxygen atoms in total. The van der Waals surface area contributed by atoms with Crippen molar-refractivity contribution in [2.24, 2.45) is 5.14 Å². The third kappa shape index (κ3) is 5.04. The maximum absolute atomic E-state index is 12.0. The Balaban J connectivity index is 2.03. The van der Waals surface area contributed by atoms with Crippen LogP contribution in [-0.4, -0.2) is 26.9 Å². The molecule has 0 spiro atoms. The van der Waals surface area contributed by atoms with Gasteiger partial charge in [0.25, 0.3) is 5.91 Å². The van der Waals surface area contributed by atoms with Crippen LogP contribution in [0, 0.1) is 13.8 Å². The number of nitrogens with two attached hydrogens (primary N) is 1. The van der Waals surface area contributed by atoms with E-state index in [1.807, 2.05) is 26.0 Å². The lowest BCUT2D eigenvalue weighted by molar-refractivity contribution is -0.119. The number of halogens is 1. The SMILES string of the molecule is Cc1ccc(NC(=O)COC(=O)c2ccc(Cl)c(S(N)(=O)=O)c2)c(C)c1. The van der Waals surface area contributed by atoms with E-state index < -0.39 is 33.4 Å². The minimum Gasteiger partial charge on any atom is -0.452 e. The van der Waals surface area contributed by atoms with Crippen LogP contribution >= 0.6 is 11.6 Å². The number of anilines is 1. The van der Waals surface area contributed by atoms with Crippen LogP contribution in [0.25, 0.3) is 0 Å². The Hall–Kier alpha value is -2.42. The van der Waals surface area contributed by atoms with E-state index in [0.29, 0.717) is 5.69 Å². The lowest BCUT2D eigenvalue weighted by Crippen LogP contribution is -2.21. The Morgan fingerprint density at radius 3 is 2.46 bits per heavy atom. The van der Waals surface area contributed by atoms with Crippen LogP contribution in [0.1, 0.15) is 21.5 Å². The van der Waals surface area contributed by atoms with Crippen molar-refractivity contribution in [2.75, 3.05) is 11.9 Å². The molecule has 0 saturated carbocycles. The number of primary sulfonamides is 1. The van der Waals surface area contributed by atoms with E-state index in [9.17, 15) is 18.0 Å². The number of sulfonamides is 1. The van der Waals surface area contributed by atoms with E-state index in [2.05, 4.69) is 5.32 Å². The van der Waals surface area contributed by atoms with Crippen molar-refractivity contribution in [3.05, 3.63) is 58.1 Å². The molecule has 26 heavy (non-hydrogen) atoms. The first-order valence-electron chi connectivity index (χ1n) is 7.44. The Bertz CT molecular complexity index is 973. The first-order valence-corrected chi connectivity index (χ1v) is 9.37. The first-order chi connectivity index (χ1) is 12.1. The van der Waals surface area contributed by atoms with E-state index in [1.54, 1.807) is 6.07 Å². The maximum atomic E-state index is 12.0. The molecule has 3 N–H and O–H groups in total. The van der Waals surface area contributed by atoms with Crippen LogP contribution in [0.2, 0.25) is 5.02 Å². The number of carbonyl (C=O) groups is 2. The molecule has 2 rings (SSSR count). The lowest BCUT2D eigenvalue weighted by Gasteiger charge is -2.10. The van der Waals surface area contributed by atoms with Crippen molar-refractivity contribution in [1.29, 1.82) is 0 Å². The van der Waals surface area contributed by atoms with Gasteiger partial charge >= 0.3 is 5.97 Å². The van der Waals surface area contributed by atoms with E-state index in [0.717, 1.165) is 17.2 Å². The molecule has 0 saturated heterocycles. The summed E-state index contributed by atoms with van der Waals surface area (Å²) in [6.07, 6.45) is 0. The van der Waals surface area contributed by atoms with Crippen molar-refractivity contribution in [3.63, 3.8) is 0 Å². The van der Waals surface area contributed by atoms with Gasteiger partial charge in [-0.3, -0.25) is 4.79 Å². The molecule has 9 heteroatoms. The quantitative estimate of drug-likeness (QED) is 0.753. The van der Waals surface area contributed by atoms with Crippen molar-refractivity contribution in [2.45, 2.75) is 18.7 Å². The highest BCUT2D eigenvalue weighted by atomic mass is 35.5. The summed E-state index contributed by atoms with van der Waals surface area (Å²) in [6.45, 7) is 3.25. The van der Waals surface area contributed by atoms with Crippen molar-refractivity contribution < 1.29 is 22.7 Å². The van der Waals surface area contributed by atoms with Crippen molar-refractivity contribution in [1.82, 2.24) is 0 Å². The summed E-state index contributed by atoms with van der Waals surface area (Å²) in [5.74, 6) is -1.40. The second-order valence-corrected chi connectivity index (χ2v) is 7.57. The van der Waals surface area contributed by atoms with Gasteiger partial charge in [-0.05, 0) is 43.7 Å². The second kappa shape index (κ2) is 7.86. The summed E-state index contributed by atoms with van der Waals surface area (Å²) in [7, 11) is -4.09. The van der Waals surface area contributed by atoms with Gasteiger partial charge in [0, 0.05) is 5.69 Å². The predicted octanol–water partition coefficient (Wildman–Crippen LogP) is 2.40. The van der Waals surface area contributed by atoms with Gasteiger partial charge < -0.3 is 10.1 Å². The van der Waals surface area contributed by atoms with E-state index in [4.69, 9.17) is 21.5 Å². The minimum atomic E-state index is -4.09. The highest BCUT2D eigenvalue weighted by Gasteiger charge is 2.18. The van der Waals surface area contributed by atoms with Gasteiger partial charge in [-0.2, -0.15) is 0 Å². The molecular formula is C17H17ClN2O5S. The van der Waals surface area contributed by atoms with Gasteiger partial charge in [-0.15, -0.1) is 0 Å². The molecule has 0 bridgehead atoms. The summed E-state index contributed by atoms with van der Waals surface area (Å²) in [5.41, 5.74) is 2.46. The number of amides is 1. The molecule has 0 atom stereocenters. The number of benzene rings is 2. The second-order valence-electron chi connectivity index (χ2n) is 5.63. The fourth-order valence-corrected chi connectivity index (χ4v) is 3.27. The zero-order valence-electron chi connectivity index (χ0n) is 14.1. The molecule has 2 aromatic carbocycles. The van der Waals surface area contributed by atoms with Gasteiger partial charge in [0.1, 0.15) is 4.90 Å². The molecule has 0 heterocycles. The number of nitrogens with one attached hydrogen (secondary N) is 1. The fourth-order valence-electron chi connectivity index (χ4n) is 2.20. The third-order valence-electron chi connectivity index (χ3n) is 3.46. The number of esters is 1. The van der Waals surface area contributed by atoms with Gasteiger partial charge in [0.05, 0.1) is 10.6 Å². The van der Waals surface area contributed by atoms with Gasteiger partial charge in [-0.1, -0.05) is 29.3 Å². The standard InChI is InChI=1S/C17H17ClN2O5S/c1-10-3-6-14(11(2)7-10)20-16(21)9-25-17(22)12-4-5-13(18)15(8-12)26(19,23)24/h3-8H,9H2,1-2H3,(H,20,21)(H2,19,23,24). The molecule has 0 aliphatic rings. The monoisotopic (exact) mass is 396 g/mol. The summed E-state index contributed by atoms with van der Waals surface area (Å²) in [4.78, 5) is 23.6. The molecule has 0 unspecified atom stereocenters. The molecular weight excluding hydrogens is 380 g/mol. The molecule has 0 radical (unpaired) electrons. The first kappa shape index (κ1) is 19.9. The lowest BCUT2D eigenvalue weighted by atomic mass is 10.1. The summed E-state index contributed by atoms with van der Waals surface area (Å²) >= 11 is 5.75. The van der Waals surface area contributed by atoms with E-state index in [1.165, 1.54) is 12.1 Å². The third-order valence-corrected chi connectivity index (χ3v) is 4.86. The molecule has 1 amide bonds. The van der Waals surface area contributed by atoms with Crippen molar-refractivity contribution >= 4 is 39.2 Å². The Labute approximate surface area is 156 Å². The zero-order chi connectivity index (χ0) is 19.5. The number of hydrogen-bond acceptors (Lipinski definition) is 5. The number of rotatable bonds is 5. The van der Waals surface area contributed by atoms with Crippen LogP contribution in [0.15, 0.2) is 41.3 Å². The smallest absolute Gasteiger partial charge is 0.338 e. The summed E-state index contributed by atoms with van der Waals surface area (Å²) in [6, 6.07) is 9.00. The van der Waals surface area contributed by atoms with Gasteiger partial charge in [0.2, 0.25) is 10.0 Å². The highest BCUT2D eigenvalue weighted by molar-refractivity contribution is 7.89. The Morgan fingerprint density at radius 2 is 1.85 bits per heavy atom. The normalized spacial score (nSPS) is 11.1.